The topological polar surface area (TPSA) is 51.8 Å². The molecule has 2 aromatic heterocycles. The van der Waals surface area contributed by atoms with E-state index in [0.29, 0.717) is 0 Å². The molecule has 1 unspecified atom stereocenters. The third kappa shape index (κ3) is 2.16. The van der Waals surface area contributed by atoms with Crippen molar-refractivity contribution < 1.29 is 0 Å². The summed E-state index contributed by atoms with van der Waals surface area (Å²) in [6.45, 7) is 6.18. The fourth-order valence-corrected chi connectivity index (χ4v) is 3.22. The first kappa shape index (κ1) is 11.7. The molecule has 2 aromatic rings. The summed E-state index contributed by atoms with van der Waals surface area (Å²) in [6, 6.07) is 0.0544. The van der Waals surface area contributed by atoms with E-state index in [1.807, 2.05) is 12.3 Å². The van der Waals surface area contributed by atoms with Gasteiger partial charge < -0.3 is 5.73 Å². The molecule has 0 aliphatic rings. The Bertz CT molecular complexity index is 487. The predicted octanol–water partition coefficient (Wildman–Crippen LogP) is 3.29. The molecule has 0 fully saturated rings. The summed E-state index contributed by atoms with van der Waals surface area (Å²) in [6.07, 6.45) is 0.919. The average molecular weight is 253 g/mol. The van der Waals surface area contributed by atoms with Crippen LogP contribution in [0.15, 0.2) is 5.38 Å². The van der Waals surface area contributed by atoms with Gasteiger partial charge in [-0.1, -0.05) is 6.92 Å². The lowest BCUT2D eigenvalue weighted by atomic mass is 10.2. The molecule has 0 aromatic carbocycles. The van der Waals surface area contributed by atoms with Crippen LogP contribution in [0.4, 0.5) is 0 Å². The van der Waals surface area contributed by atoms with Crippen LogP contribution in [0.2, 0.25) is 0 Å². The van der Waals surface area contributed by atoms with Crippen LogP contribution in [0, 0.1) is 13.8 Å². The molecule has 86 valence electrons. The molecule has 0 aliphatic heterocycles. The van der Waals surface area contributed by atoms with E-state index >= 15 is 0 Å². The number of nitrogens with two attached hydrogens (primary N) is 1. The van der Waals surface area contributed by atoms with E-state index in [0.717, 1.165) is 27.8 Å². The van der Waals surface area contributed by atoms with E-state index in [1.165, 1.54) is 4.88 Å². The first-order valence-corrected chi connectivity index (χ1v) is 6.96. The molecule has 0 saturated heterocycles. The number of aromatic nitrogens is 2. The number of thiazole rings is 2. The van der Waals surface area contributed by atoms with Gasteiger partial charge in [0.2, 0.25) is 0 Å². The quantitative estimate of drug-likeness (QED) is 0.913. The van der Waals surface area contributed by atoms with Crippen molar-refractivity contribution in [1.29, 1.82) is 0 Å². The molecule has 0 bridgehead atoms. The van der Waals surface area contributed by atoms with Crippen molar-refractivity contribution in [3.05, 3.63) is 20.3 Å². The number of hydrogen-bond acceptors (Lipinski definition) is 5. The molecular weight excluding hydrogens is 238 g/mol. The zero-order valence-electron chi connectivity index (χ0n) is 9.65. The molecule has 3 nitrogen and oxygen atoms in total. The second kappa shape index (κ2) is 4.61. The summed E-state index contributed by atoms with van der Waals surface area (Å²) in [5.74, 6) is 0. The van der Waals surface area contributed by atoms with E-state index in [9.17, 15) is 0 Å². The van der Waals surface area contributed by atoms with Crippen molar-refractivity contribution in [3.63, 3.8) is 0 Å². The van der Waals surface area contributed by atoms with Gasteiger partial charge >= 0.3 is 0 Å². The Morgan fingerprint density at radius 3 is 2.69 bits per heavy atom. The summed E-state index contributed by atoms with van der Waals surface area (Å²) >= 11 is 3.33. The van der Waals surface area contributed by atoms with Crippen LogP contribution >= 0.6 is 22.7 Å². The van der Waals surface area contributed by atoms with Crippen LogP contribution < -0.4 is 5.73 Å². The summed E-state index contributed by atoms with van der Waals surface area (Å²) < 4.78 is 0. The lowest BCUT2D eigenvalue weighted by Gasteiger charge is -2.02. The third-order valence-corrected chi connectivity index (χ3v) is 4.29. The van der Waals surface area contributed by atoms with Gasteiger partial charge in [0.15, 0.2) is 0 Å². The number of aryl methyl sites for hydroxylation is 2. The van der Waals surface area contributed by atoms with Gasteiger partial charge in [0.25, 0.3) is 0 Å². The van der Waals surface area contributed by atoms with Crippen LogP contribution in [-0.2, 0) is 0 Å². The van der Waals surface area contributed by atoms with E-state index in [-0.39, 0.29) is 6.04 Å². The zero-order valence-corrected chi connectivity index (χ0v) is 11.3. The van der Waals surface area contributed by atoms with Gasteiger partial charge in [0, 0.05) is 10.3 Å². The minimum absolute atomic E-state index is 0.0544. The van der Waals surface area contributed by atoms with Crippen LogP contribution in [0.1, 0.15) is 34.3 Å². The Kier molecular flexibility index (Phi) is 3.37. The normalized spacial score (nSPS) is 13.0. The van der Waals surface area contributed by atoms with Crippen molar-refractivity contribution in [2.45, 2.75) is 33.2 Å². The third-order valence-electron chi connectivity index (χ3n) is 2.43. The first-order valence-electron chi connectivity index (χ1n) is 5.27. The van der Waals surface area contributed by atoms with Gasteiger partial charge in [-0.05, 0) is 20.3 Å². The Morgan fingerprint density at radius 1 is 1.38 bits per heavy atom. The van der Waals surface area contributed by atoms with Crippen molar-refractivity contribution in [2.24, 2.45) is 5.73 Å². The fourth-order valence-electron chi connectivity index (χ4n) is 1.51. The van der Waals surface area contributed by atoms with Gasteiger partial charge in [-0.25, -0.2) is 9.97 Å². The average Bonchev–Trinajstić information content (AvgIpc) is 2.83. The smallest absolute Gasteiger partial charge is 0.110 e. The van der Waals surface area contributed by atoms with E-state index in [2.05, 4.69) is 23.8 Å². The SMILES string of the molecule is CCC(N)c1nc(-c2nc(C)sc2C)cs1. The van der Waals surface area contributed by atoms with E-state index in [1.54, 1.807) is 22.7 Å². The summed E-state index contributed by atoms with van der Waals surface area (Å²) in [4.78, 5) is 10.3. The molecule has 5 heteroatoms. The van der Waals surface area contributed by atoms with Crippen molar-refractivity contribution in [2.75, 3.05) is 0 Å². The molecule has 0 radical (unpaired) electrons. The zero-order chi connectivity index (χ0) is 11.7. The summed E-state index contributed by atoms with van der Waals surface area (Å²) in [7, 11) is 0. The maximum atomic E-state index is 5.96. The number of rotatable bonds is 3. The minimum atomic E-state index is 0.0544. The standard InChI is InChI=1S/C11H15N3S2/c1-4-8(12)11-14-9(5-15-11)10-6(2)16-7(3)13-10/h5,8H,4,12H2,1-3H3. The van der Waals surface area contributed by atoms with Gasteiger partial charge in [0.05, 0.1) is 11.0 Å². The van der Waals surface area contributed by atoms with Crippen molar-refractivity contribution in [3.8, 4) is 11.4 Å². The van der Waals surface area contributed by atoms with E-state index < -0.39 is 0 Å². The molecule has 16 heavy (non-hydrogen) atoms. The van der Waals surface area contributed by atoms with Crippen LogP contribution in [0.5, 0.6) is 0 Å². The minimum Gasteiger partial charge on any atom is -0.322 e. The second-order valence-corrected chi connectivity index (χ2v) is 6.02. The second-order valence-electron chi connectivity index (χ2n) is 3.72. The van der Waals surface area contributed by atoms with Crippen LogP contribution in [0.25, 0.3) is 11.4 Å². The molecule has 0 aliphatic carbocycles. The number of hydrogen-bond donors (Lipinski definition) is 1. The lowest BCUT2D eigenvalue weighted by Crippen LogP contribution is -2.07. The molecule has 2 heterocycles. The molecule has 1 atom stereocenters. The highest BCUT2D eigenvalue weighted by Crippen LogP contribution is 2.29. The van der Waals surface area contributed by atoms with E-state index in [4.69, 9.17) is 5.73 Å². The van der Waals surface area contributed by atoms with Gasteiger partial charge in [0.1, 0.15) is 16.4 Å². The Morgan fingerprint density at radius 2 is 2.12 bits per heavy atom. The van der Waals surface area contributed by atoms with Crippen molar-refractivity contribution in [1.82, 2.24) is 9.97 Å². The Balaban J connectivity index is 2.35. The molecule has 0 saturated carbocycles. The predicted molar refractivity (Wildman–Crippen MR) is 69.9 cm³/mol. The number of nitrogens with zero attached hydrogens (tertiary/aromatic N) is 2. The van der Waals surface area contributed by atoms with Gasteiger partial charge in [-0.2, -0.15) is 0 Å². The Labute approximate surface area is 103 Å². The molecular formula is C11H15N3S2. The Hall–Kier alpha value is -0.780. The largest absolute Gasteiger partial charge is 0.322 e. The molecule has 0 amide bonds. The molecule has 2 rings (SSSR count). The van der Waals surface area contributed by atoms with Gasteiger partial charge in [-0.3, -0.25) is 0 Å². The van der Waals surface area contributed by atoms with Crippen LogP contribution in [0.3, 0.4) is 0 Å². The maximum absolute atomic E-state index is 5.96. The summed E-state index contributed by atoms with van der Waals surface area (Å²) in [5.41, 5.74) is 7.93. The maximum Gasteiger partial charge on any atom is 0.110 e. The fraction of sp³-hybridized carbons (Fsp3) is 0.455. The van der Waals surface area contributed by atoms with Gasteiger partial charge in [-0.15, -0.1) is 22.7 Å². The summed E-state index contributed by atoms with van der Waals surface area (Å²) in [5, 5.41) is 4.14. The molecule has 2 N–H and O–H groups in total. The lowest BCUT2D eigenvalue weighted by molar-refractivity contribution is 0.693. The highest BCUT2D eigenvalue weighted by atomic mass is 32.1. The monoisotopic (exact) mass is 253 g/mol. The highest BCUT2D eigenvalue weighted by molar-refractivity contribution is 7.12. The first-order chi connectivity index (χ1) is 7.61. The highest BCUT2D eigenvalue weighted by Gasteiger charge is 2.14. The van der Waals surface area contributed by atoms with Crippen molar-refractivity contribution >= 4 is 22.7 Å². The molecule has 0 spiro atoms. The van der Waals surface area contributed by atoms with Crippen LogP contribution in [-0.4, -0.2) is 9.97 Å².